The molecular weight excluding hydrogens is 358 g/mol. The molecule has 1 N–H and O–H groups in total. The zero-order chi connectivity index (χ0) is 20.1. The van der Waals surface area contributed by atoms with Crippen molar-refractivity contribution < 1.29 is 24.1 Å². The van der Waals surface area contributed by atoms with Crippen molar-refractivity contribution in [2.75, 3.05) is 27.4 Å². The third kappa shape index (κ3) is 4.07. The number of likely N-dealkylation sites (tertiary alicyclic amines) is 1. The zero-order valence-electron chi connectivity index (χ0n) is 16.6. The van der Waals surface area contributed by atoms with Gasteiger partial charge in [0.1, 0.15) is 23.3 Å². The summed E-state index contributed by atoms with van der Waals surface area (Å²) in [6.07, 6.45) is 1.49. The van der Waals surface area contributed by atoms with Crippen molar-refractivity contribution >= 4 is 5.97 Å². The highest BCUT2D eigenvalue weighted by atomic mass is 16.5. The van der Waals surface area contributed by atoms with Gasteiger partial charge >= 0.3 is 5.97 Å². The van der Waals surface area contributed by atoms with Crippen molar-refractivity contribution in [3.05, 3.63) is 53.6 Å². The summed E-state index contributed by atoms with van der Waals surface area (Å²) in [6.45, 7) is 3.26. The Hall–Kier alpha value is -2.73. The van der Waals surface area contributed by atoms with Gasteiger partial charge in [0.25, 0.3) is 0 Å². The average Bonchev–Trinajstić information content (AvgIpc) is 3.19. The van der Waals surface area contributed by atoms with Crippen LogP contribution >= 0.6 is 0 Å². The van der Waals surface area contributed by atoms with Crippen LogP contribution in [0.4, 0.5) is 0 Å². The summed E-state index contributed by atoms with van der Waals surface area (Å²) < 4.78 is 16.5. The molecule has 6 heteroatoms. The minimum atomic E-state index is -0.791. The third-order valence-electron chi connectivity index (χ3n) is 5.15. The van der Waals surface area contributed by atoms with Crippen LogP contribution in [0.2, 0.25) is 0 Å². The first kappa shape index (κ1) is 20.0. The molecule has 1 fully saturated rings. The molecule has 0 saturated carbocycles. The van der Waals surface area contributed by atoms with E-state index in [9.17, 15) is 9.90 Å². The number of hydrogen-bond acceptors (Lipinski definition) is 5. The fourth-order valence-electron chi connectivity index (χ4n) is 3.87. The molecule has 6 nitrogen and oxygen atoms in total. The SMILES string of the molecule is CCOc1ccc(C(c2ccc(OC)cc2OC)N2CCCC2C(=O)O)cc1. The molecule has 3 rings (SSSR count). The number of hydrogen-bond donors (Lipinski definition) is 1. The van der Waals surface area contributed by atoms with Crippen molar-refractivity contribution in [2.45, 2.75) is 31.8 Å². The molecule has 1 saturated heterocycles. The Kier molecular flexibility index (Phi) is 6.41. The Morgan fingerprint density at radius 2 is 1.86 bits per heavy atom. The predicted octanol–water partition coefficient (Wildman–Crippen LogP) is 3.74. The van der Waals surface area contributed by atoms with E-state index in [1.807, 2.05) is 54.3 Å². The Labute approximate surface area is 165 Å². The van der Waals surface area contributed by atoms with Crippen molar-refractivity contribution in [1.82, 2.24) is 4.90 Å². The molecule has 0 aliphatic carbocycles. The molecule has 0 bridgehead atoms. The Balaban J connectivity index is 2.08. The molecule has 28 heavy (non-hydrogen) atoms. The number of aliphatic carboxylic acids is 1. The number of ether oxygens (including phenoxy) is 3. The van der Waals surface area contributed by atoms with Gasteiger partial charge in [0, 0.05) is 18.2 Å². The summed E-state index contributed by atoms with van der Waals surface area (Å²) >= 11 is 0. The fraction of sp³-hybridized carbons (Fsp3) is 0.409. The largest absolute Gasteiger partial charge is 0.497 e. The number of nitrogens with zero attached hydrogens (tertiary/aromatic N) is 1. The van der Waals surface area contributed by atoms with E-state index in [4.69, 9.17) is 14.2 Å². The van der Waals surface area contributed by atoms with Gasteiger partial charge in [-0.2, -0.15) is 0 Å². The minimum absolute atomic E-state index is 0.236. The van der Waals surface area contributed by atoms with Gasteiger partial charge in [-0.1, -0.05) is 12.1 Å². The quantitative estimate of drug-likeness (QED) is 0.747. The lowest BCUT2D eigenvalue weighted by atomic mass is 9.95. The van der Waals surface area contributed by atoms with Gasteiger partial charge in [-0.3, -0.25) is 9.69 Å². The first-order chi connectivity index (χ1) is 13.6. The molecule has 1 aliphatic rings. The van der Waals surface area contributed by atoms with Crippen LogP contribution in [0.15, 0.2) is 42.5 Å². The number of methoxy groups -OCH3 is 2. The summed E-state index contributed by atoms with van der Waals surface area (Å²) in [5, 5.41) is 9.74. The van der Waals surface area contributed by atoms with E-state index in [-0.39, 0.29) is 6.04 Å². The topological polar surface area (TPSA) is 68.2 Å². The van der Waals surface area contributed by atoms with Crippen LogP contribution in [0.1, 0.15) is 36.9 Å². The molecule has 0 aromatic heterocycles. The van der Waals surface area contributed by atoms with Gasteiger partial charge in [0.2, 0.25) is 0 Å². The summed E-state index contributed by atoms with van der Waals surface area (Å²) in [4.78, 5) is 13.9. The number of carboxylic acid groups (broad SMARTS) is 1. The van der Waals surface area contributed by atoms with Crippen LogP contribution in [0.25, 0.3) is 0 Å². The normalized spacial score (nSPS) is 17.9. The molecular formula is C22H27NO5. The van der Waals surface area contributed by atoms with Crippen LogP contribution in [0, 0.1) is 0 Å². The smallest absolute Gasteiger partial charge is 0.320 e. The van der Waals surface area contributed by atoms with Crippen LogP contribution in [-0.4, -0.2) is 49.4 Å². The lowest BCUT2D eigenvalue weighted by molar-refractivity contribution is -0.142. The highest BCUT2D eigenvalue weighted by molar-refractivity contribution is 5.74. The predicted molar refractivity (Wildman–Crippen MR) is 106 cm³/mol. The summed E-state index contributed by atoms with van der Waals surface area (Å²) in [5.41, 5.74) is 1.92. The zero-order valence-corrected chi connectivity index (χ0v) is 16.6. The number of carbonyl (C=O) groups is 1. The molecule has 1 heterocycles. The van der Waals surface area contributed by atoms with Crippen molar-refractivity contribution in [3.8, 4) is 17.2 Å². The monoisotopic (exact) mass is 385 g/mol. The summed E-state index contributed by atoms with van der Waals surface area (Å²) in [5.74, 6) is 1.38. The highest BCUT2D eigenvalue weighted by Gasteiger charge is 2.38. The second-order valence-electron chi connectivity index (χ2n) is 6.75. The number of benzene rings is 2. The maximum Gasteiger partial charge on any atom is 0.320 e. The van der Waals surface area contributed by atoms with Gasteiger partial charge < -0.3 is 19.3 Å². The van der Waals surface area contributed by atoms with Crippen molar-refractivity contribution in [2.24, 2.45) is 0 Å². The van der Waals surface area contributed by atoms with E-state index < -0.39 is 12.0 Å². The standard InChI is InChI=1S/C22H27NO5/c1-4-28-16-9-7-15(8-10-16)21(23-13-5-6-19(23)22(24)25)18-12-11-17(26-2)14-20(18)27-3/h7-12,14,19,21H,4-6,13H2,1-3H3,(H,24,25). The van der Waals surface area contributed by atoms with Crippen LogP contribution < -0.4 is 14.2 Å². The van der Waals surface area contributed by atoms with E-state index in [0.717, 1.165) is 23.3 Å². The molecule has 150 valence electrons. The van der Waals surface area contributed by atoms with Gasteiger partial charge in [-0.25, -0.2) is 0 Å². The molecule has 2 aromatic carbocycles. The molecule has 0 amide bonds. The molecule has 2 aromatic rings. The van der Waals surface area contributed by atoms with Crippen molar-refractivity contribution in [3.63, 3.8) is 0 Å². The molecule has 2 atom stereocenters. The Morgan fingerprint density at radius 3 is 2.46 bits per heavy atom. The van der Waals surface area contributed by atoms with Crippen LogP contribution in [0.5, 0.6) is 17.2 Å². The lowest BCUT2D eigenvalue weighted by Gasteiger charge is -2.33. The second-order valence-corrected chi connectivity index (χ2v) is 6.75. The van der Waals surface area contributed by atoms with E-state index in [2.05, 4.69) is 0 Å². The molecule has 2 unspecified atom stereocenters. The van der Waals surface area contributed by atoms with Gasteiger partial charge in [-0.15, -0.1) is 0 Å². The lowest BCUT2D eigenvalue weighted by Crippen LogP contribution is -2.39. The minimum Gasteiger partial charge on any atom is -0.497 e. The fourth-order valence-corrected chi connectivity index (χ4v) is 3.87. The first-order valence-corrected chi connectivity index (χ1v) is 9.52. The number of carboxylic acids is 1. The average molecular weight is 385 g/mol. The van der Waals surface area contributed by atoms with E-state index >= 15 is 0 Å². The van der Waals surface area contributed by atoms with Gasteiger partial charge in [-0.05, 0) is 49.6 Å². The third-order valence-corrected chi connectivity index (χ3v) is 5.15. The van der Waals surface area contributed by atoms with E-state index in [1.54, 1.807) is 14.2 Å². The van der Waals surface area contributed by atoms with Gasteiger partial charge in [0.05, 0.1) is 26.9 Å². The molecule has 0 spiro atoms. The van der Waals surface area contributed by atoms with E-state index in [1.165, 1.54) is 0 Å². The van der Waals surface area contributed by atoms with Gasteiger partial charge in [0.15, 0.2) is 0 Å². The maximum absolute atomic E-state index is 11.9. The summed E-state index contributed by atoms with van der Waals surface area (Å²) in [6, 6.07) is 12.8. The van der Waals surface area contributed by atoms with Crippen molar-refractivity contribution in [1.29, 1.82) is 0 Å². The van der Waals surface area contributed by atoms with E-state index in [0.29, 0.717) is 31.1 Å². The number of rotatable bonds is 8. The molecule has 1 aliphatic heterocycles. The van der Waals surface area contributed by atoms with Crippen LogP contribution in [-0.2, 0) is 4.79 Å². The Morgan fingerprint density at radius 1 is 1.14 bits per heavy atom. The summed E-state index contributed by atoms with van der Waals surface area (Å²) in [7, 11) is 3.23. The highest BCUT2D eigenvalue weighted by Crippen LogP contribution is 2.40. The molecule has 0 radical (unpaired) electrons. The Bertz CT molecular complexity index is 805. The first-order valence-electron chi connectivity index (χ1n) is 9.52. The second kappa shape index (κ2) is 8.97. The van der Waals surface area contributed by atoms with Crippen LogP contribution in [0.3, 0.4) is 0 Å². The maximum atomic E-state index is 11.9.